The highest BCUT2D eigenvalue weighted by molar-refractivity contribution is 6.01. The Labute approximate surface area is 146 Å². The third-order valence-electron chi connectivity index (χ3n) is 3.33. The summed E-state index contributed by atoms with van der Waals surface area (Å²) in [7, 11) is 1.49. The molecule has 0 spiro atoms. The molecule has 0 atom stereocenters. The van der Waals surface area contributed by atoms with Gasteiger partial charge in [0.15, 0.2) is 0 Å². The molecule has 0 radical (unpaired) electrons. The smallest absolute Gasteiger partial charge is 0.275 e. The van der Waals surface area contributed by atoms with Crippen molar-refractivity contribution in [1.29, 1.82) is 0 Å². The number of aromatic nitrogens is 1. The highest BCUT2D eigenvalue weighted by atomic mass is 16.5. The summed E-state index contributed by atoms with van der Waals surface area (Å²) >= 11 is 0. The minimum Gasteiger partial charge on any atom is -0.496 e. The molecule has 1 aromatic carbocycles. The Hall–Kier alpha value is -3.22. The van der Waals surface area contributed by atoms with Crippen LogP contribution < -0.4 is 15.5 Å². The summed E-state index contributed by atoms with van der Waals surface area (Å²) in [5.74, 6) is -0.119. The first-order valence-electron chi connectivity index (χ1n) is 7.72. The van der Waals surface area contributed by atoms with Crippen molar-refractivity contribution < 1.29 is 14.3 Å². The van der Waals surface area contributed by atoms with E-state index in [0.717, 1.165) is 5.56 Å². The Morgan fingerprint density at radius 1 is 1.20 bits per heavy atom. The fraction of sp³-hybridized carbons (Fsp3) is 0.222. The van der Waals surface area contributed by atoms with Gasteiger partial charge in [-0.05, 0) is 30.7 Å². The molecule has 0 aliphatic carbocycles. The van der Waals surface area contributed by atoms with E-state index in [4.69, 9.17) is 4.74 Å². The van der Waals surface area contributed by atoms with Crippen LogP contribution in [0.3, 0.4) is 0 Å². The van der Waals surface area contributed by atoms with Gasteiger partial charge in [-0.25, -0.2) is 5.43 Å². The van der Waals surface area contributed by atoms with Crippen LogP contribution in [0.4, 0.5) is 0 Å². The van der Waals surface area contributed by atoms with E-state index in [0.29, 0.717) is 23.6 Å². The van der Waals surface area contributed by atoms with Gasteiger partial charge in [0.1, 0.15) is 5.75 Å². The van der Waals surface area contributed by atoms with Gasteiger partial charge < -0.3 is 10.1 Å². The Bertz CT molecular complexity index is 760. The molecule has 0 unspecified atom stereocenters. The van der Waals surface area contributed by atoms with Gasteiger partial charge >= 0.3 is 0 Å². The fourth-order valence-electron chi connectivity index (χ4n) is 2.08. The zero-order valence-electron chi connectivity index (χ0n) is 14.2. The van der Waals surface area contributed by atoms with Crippen LogP contribution in [-0.4, -0.2) is 29.6 Å². The number of benzene rings is 1. The highest BCUT2D eigenvalue weighted by Gasteiger charge is 2.11. The fourth-order valence-corrected chi connectivity index (χ4v) is 2.08. The van der Waals surface area contributed by atoms with E-state index in [9.17, 15) is 9.59 Å². The van der Waals surface area contributed by atoms with Crippen LogP contribution in [0.15, 0.2) is 53.9 Å². The van der Waals surface area contributed by atoms with Crippen molar-refractivity contribution >= 4 is 17.5 Å². The first-order valence-corrected chi connectivity index (χ1v) is 7.72. The number of nitrogens with zero attached hydrogens (tertiary/aromatic N) is 2. The average Bonchev–Trinajstić information content (AvgIpc) is 2.65. The second-order valence-corrected chi connectivity index (χ2v) is 5.30. The molecule has 0 fully saturated rings. The average molecular weight is 340 g/mol. The molecule has 2 amide bonds. The number of carbonyl (C=O) groups excluding carboxylic acids is 2. The summed E-state index contributed by atoms with van der Waals surface area (Å²) in [6.07, 6.45) is 3.45. The topological polar surface area (TPSA) is 92.7 Å². The van der Waals surface area contributed by atoms with Gasteiger partial charge in [0.25, 0.3) is 5.91 Å². The van der Waals surface area contributed by atoms with E-state index in [1.54, 1.807) is 43.6 Å². The molecule has 2 N–H and O–H groups in total. The molecule has 0 saturated carbocycles. The Balaban J connectivity index is 1.84. The van der Waals surface area contributed by atoms with E-state index in [-0.39, 0.29) is 12.3 Å². The summed E-state index contributed by atoms with van der Waals surface area (Å²) in [6.45, 7) is 2.07. The number of ether oxygens (including phenoxy) is 1. The minimum atomic E-state index is -0.396. The quantitative estimate of drug-likeness (QED) is 0.595. The number of pyridine rings is 1. The van der Waals surface area contributed by atoms with Crippen LogP contribution in [0.5, 0.6) is 5.75 Å². The van der Waals surface area contributed by atoms with Crippen molar-refractivity contribution in [3.8, 4) is 5.75 Å². The second kappa shape index (κ2) is 9.17. The van der Waals surface area contributed by atoms with Crippen LogP contribution in [0, 0.1) is 0 Å². The molecular formula is C18H20N4O3. The lowest BCUT2D eigenvalue weighted by Crippen LogP contribution is -2.26. The second-order valence-electron chi connectivity index (χ2n) is 5.30. The van der Waals surface area contributed by atoms with Crippen molar-refractivity contribution in [2.75, 3.05) is 7.11 Å². The highest BCUT2D eigenvalue weighted by Crippen LogP contribution is 2.16. The van der Waals surface area contributed by atoms with Crippen LogP contribution >= 0.6 is 0 Å². The minimum absolute atomic E-state index is 0.0897. The number of rotatable bonds is 7. The maximum absolute atomic E-state index is 12.1. The van der Waals surface area contributed by atoms with Gasteiger partial charge in [0.2, 0.25) is 5.91 Å². The lowest BCUT2D eigenvalue weighted by atomic mass is 10.2. The largest absolute Gasteiger partial charge is 0.496 e. The van der Waals surface area contributed by atoms with E-state index in [2.05, 4.69) is 20.8 Å². The molecule has 1 aromatic heterocycles. The molecule has 25 heavy (non-hydrogen) atoms. The number of hydrazone groups is 1. The van der Waals surface area contributed by atoms with E-state index >= 15 is 0 Å². The van der Waals surface area contributed by atoms with Gasteiger partial charge in [-0.3, -0.25) is 14.6 Å². The van der Waals surface area contributed by atoms with E-state index in [1.807, 2.05) is 12.1 Å². The molecule has 0 aliphatic heterocycles. The van der Waals surface area contributed by atoms with Gasteiger partial charge in [-0.2, -0.15) is 5.10 Å². The first kappa shape index (κ1) is 18.1. The molecule has 1 heterocycles. The molecule has 0 aliphatic rings. The number of para-hydroxylation sites is 1. The van der Waals surface area contributed by atoms with Gasteiger partial charge in [0.05, 0.1) is 19.1 Å². The van der Waals surface area contributed by atoms with Gasteiger partial charge in [-0.15, -0.1) is 0 Å². The summed E-state index contributed by atoms with van der Waals surface area (Å²) in [5.41, 5.74) is 4.21. The molecular weight excluding hydrogens is 320 g/mol. The summed E-state index contributed by atoms with van der Waals surface area (Å²) in [4.78, 5) is 28.0. The molecule has 2 aromatic rings. The number of nitrogens with one attached hydrogen (secondary N) is 2. The van der Waals surface area contributed by atoms with Crippen LogP contribution in [0.1, 0.15) is 29.3 Å². The Morgan fingerprint density at radius 2 is 2.00 bits per heavy atom. The van der Waals surface area contributed by atoms with Crippen molar-refractivity contribution in [3.05, 3.63) is 59.9 Å². The van der Waals surface area contributed by atoms with Crippen molar-refractivity contribution in [1.82, 2.24) is 15.7 Å². The summed E-state index contributed by atoms with van der Waals surface area (Å²) in [6, 6.07) is 10.5. The number of hydrogen-bond donors (Lipinski definition) is 2. The molecule has 0 saturated heterocycles. The standard InChI is InChI=1S/C18H20N4O3/c1-13(10-17(23)20-12-14-6-5-9-19-11-14)21-22-18(24)15-7-3-4-8-16(15)25-2/h3-9,11H,10,12H2,1-2H3,(H,20,23)(H,22,24)/b21-13-. The number of amides is 2. The zero-order chi connectivity index (χ0) is 18.1. The van der Waals surface area contributed by atoms with Crippen LogP contribution in [-0.2, 0) is 11.3 Å². The molecule has 7 nitrogen and oxygen atoms in total. The SMILES string of the molecule is COc1ccccc1C(=O)N/N=C(/C)CC(=O)NCc1cccnc1. The number of hydrogen-bond acceptors (Lipinski definition) is 5. The van der Waals surface area contributed by atoms with Crippen LogP contribution in [0.25, 0.3) is 0 Å². The monoisotopic (exact) mass is 340 g/mol. The summed E-state index contributed by atoms with van der Waals surface area (Å²) < 4.78 is 5.13. The lowest BCUT2D eigenvalue weighted by molar-refractivity contribution is -0.120. The van der Waals surface area contributed by atoms with E-state index in [1.165, 1.54) is 7.11 Å². The van der Waals surface area contributed by atoms with Crippen molar-refractivity contribution in [2.24, 2.45) is 5.10 Å². The molecule has 2 rings (SSSR count). The van der Waals surface area contributed by atoms with Crippen molar-refractivity contribution in [2.45, 2.75) is 19.9 Å². The predicted octanol–water partition coefficient (Wildman–Crippen LogP) is 1.90. The predicted molar refractivity (Wildman–Crippen MR) is 94.3 cm³/mol. The van der Waals surface area contributed by atoms with Gasteiger partial charge in [-0.1, -0.05) is 18.2 Å². The van der Waals surface area contributed by atoms with Gasteiger partial charge in [0, 0.05) is 24.7 Å². The molecule has 130 valence electrons. The Morgan fingerprint density at radius 3 is 2.72 bits per heavy atom. The lowest BCUT2D eigenvalue weighted by Gasteiger charge is -2.07. The Kier molecular flexibility index (Phi) is 6.65. The maximum Gasteiger partial charge on any atom is 0.275 e. The number of methoxy groups -OCH3 is 1. The summed E-state index contributed by atoms with van der Waals surface area (Å²) in [5, 5.41) is 6.73. The third-order valence-corrected chi connectivity index (χ3v) is 3.33. The van der Waals surface area contributed by atoms with Crippen LogP contribution in [0.2, 0.25) is 0 Å². The molecule has 7 heteroatoms. The maximum atomic E-state index is 12.1. The normalized spacial score (nSPS) is 10.9. The third kappa shape index (κ3) is 5.72. The van der Waals surface area contributed by atoms with E-state index < -0.39 is 5.91 Å². The van der Waals surface area contributed by atoms with Crippen molar-refractivity contribution in [3.63, 3.8) is 0 Å². The molecule has 0 bridgehead atoms. The first-order chi connectivity index (χ1) is 12.1. The zero-order valence-corrected chi connectivity index (χ0v) is 14.2. The number of carbonyl (C=O) groups is 2.